The number of carboxylic acid groups (broad SMARTS) is 1. The van der Waals surface area contributed by atoms with Crippen molar-refractivity contribution in [2.24, 2.45) is 5.41 Å². The largest absolute Gasteiger partial charge is 0.481 e. The molecule has 1 aromatic rings. The molecule has 0 saturated carbocycles. The van der Waals surface area contributed by atoms with Crippen LogP contribution in [-0.2, 0) is 17.5 Å². The van der Waals surface area contributed by atoms with Crippen LogP contribution in [0.3, 0.4) is 0 Å². The highest BCUT2D eigenvalue weighted by atomic mass is 19.4. The van der Waals surface area contributed by atoms with Crippen LogP contribution >= 0.6 is 0 Å². The second kappa shape index (κ2) is 5.29. The predicted octanol–water partition coefficient (Wildman–Crippen LogP) is 1.86. The lowest BCUT2D eigenvalue weighted by molar-refractivity contribution is -0.147. The van der Waals surface area contributed by atoms with Gasteiger partial charge in [-0.15, -0.1) is 0 Å². The van der Waals surface area contributed by atoms with E-state index in [0.29, 0.717) is 0 Å². The number of hydrogen-bond donors (Lipinski definition) is 1. The molecule has 0 aromatic carbocycles. The molecule has 1 amide bonds. The van der Waals surface area contributed by atoms with Crippen molar-refractivity contribution in [2.45, 2.75) is 33.0 Å². The summed E-state index contributed by atoms with van der Waals surface area (Å²) in [5, 5.41) is 12.7. The Morgan fingerprint density at radius 1 is 1.45 bits per heavy atom. The van der Waals surface area contributed by atoms with E-state index in [1.807, 2.05) is 0 Å². The second-order valence-corrected chi connectivity index (χ2v) is 5.56. The Hall–Kier alpha value is -2.06. The summed E-state index contributed by atoms with van der Waals surface area (Å²) in [5.74, 6) is -1.90. The van der Waals surface area contributed by atoms with E-state index in [1.54, 1.807) is 0 Å². The number of amides is 1. The van der Waals surface area contributed by atoms with E-state index >= 15 is 0 Å². The van der Waals surface area contributed by atoms with E-state index in [4.69, 9.17) is 5.11 Å². The summed E-state index contributed by atoms with van der Waals surface area (Å²) in [4.78, 5) is 24.6. The summed E-state index contributed by atoms with van der Waals surface area (Å²) >= 11 is 0. The van der Waals surface area contributed by atoms with Gasteiger partial charge in [0.1, 0.15) is 0 Å². The monoisotopic (exact) mass is 319 g/mol. The minimum Gasteiger partial charge on any atom is -0.481 e. The van der Waals surface area contributed by atoms with Crippen LogP contribution in [0.2, 0.25) is 0 Å². The fourth-order valence-corrected chi connectivity index (χ4v) is 2.56. The third kappa shape index (κ3) is 2.67. The standard InChI is InChI=1S/C13H16F3N3O3/c1-3-19-9(13(14,15)16)8(6-17-19)10(20)18-5-4-12(2,7-18)11(21)22/h6H,3-5,7H2,1-2H3,(H,21,22)/t12-/m0/s1. The van der Waals surface area contributed by atoms with Gasteiger partial charge in [-0.1, -0.05) is 0 Å². The molecule has 0 radical (unpaired) electrons. The first-order valence-electron chi connectivity index (χ1n) is 6.76. The Kier molecular flexibility index (Phi) is 3.92. The van der Waals surface area contributed by atoms with Gasteiger partial charge in [0.15, 0.2) is 5.69 Å². The van der Waals surface area contributed by atoms with Gasteiger partial charge in [0.25, 0.3) is 5.91 Å². The highest BCUT2D eigenvalue weighted by Crippen LogP contribution is 2.35. The van der Waals surface area contributed by atoms with E-state index in [2.05, 4.69) is 5.10 Å². The number of aromatic nitrogens is 2. The molecule has 1 aromatic heterocycles. The quantitative estimate of drug-likeness (QED) is 0.923. The number of aliphatic carboxylic acids is 1. The molecular formula is C13H16F3N3O3. The summed E-state index contributed by atoms with van der Waals surface area (Å²) in [6.45, 7) is 2.94. The predicted molar refractivity (Wildman–Crippen MR) is 69.2 cm³/mol. The third-order valence-electron chi connectivity index (χ3n) is 3.91. The smallest absolute Gasteiger partial charge is 0.433 e. The van der Waals surface area contributed by atoms with Gasteiger partial charge in [-0.25, -0.2) is 0 Å². The molecule has 22 heavy (non-hydrogen) atoms. The van der Waals surface area contributed by atoms with E-state index < -0.39 is 34.7 Å². The van der Waals surface area contributed by atoms with Crippen LogP contribution < -0.4 is 0 Å². The molecule has 0 spiro atoms. The molecule has 1 aliphatic heterocycles. The van der Waals surface area contributed by atoms with Crippen molar-refractivity contribution in [2.75, 3.05) is 13.1 Å². The van der Waals surface area contributed by atoms with Crippen molar-refractivity contribution in [3.63, 3.8) is 0 Å². The van der Waals surface area contributed by atoms with E-state index in [9.17, 15) is 22.8 Å². The van der Waals surface area contributed by atoms with Crippen molar-refractivity contribution >= 4 is 11.9 Å². The normalized spacial score (nSPS) is 22.1. The van der Waals surface area contributed by atoms with Crippen LogP contribution in [0.1, 0.15) is 36.3 Å². The van der Waals surface area contributed by atoms with Gasteiger partial charge in [-0.05, 0) is 20.3 Å². The van der Waals surface area contributed by atoms with Crippen molar-refractivity contribution in [3.05, 3.63) is 17.5 Å². The lowest BCUT2D eigenvalue weighted by Crippen LogP contribution is -2.35. The highest BCUT2D eigenvalue weighted by molar-refractivity contribution is 5.96. The van der Waals surface area contributed by atoms with E-state index in [1.165, 1.54) is 13.8 Å². The van der Waals surface area contributed by atoms with Gasteiger partial charge in [0.2, 0.25) is 0 Å². The second-order valence-electron chi connectivity index (χ2n) is 5.56. The molecule has 2 rings (SSSR count). The Labute approximate surface area is 124 Å². The highest BCUT2D eigenvalue weighted by Gasteiger charge is 2.45. The Morgan fingerprint density at radius 3 is 2.55 bits per heavy atom. The van der Waals surface area contributed by atoms with Crippen LogP contribution in [0.25, 0.3) is 0 Å². The maximum absolute atomic E-state index is 13.1. The average molecular weight is 319 g/mol. The van der Waals surface area contributed by atoms with Gasteiger partial charge in [0, 0.05) is 19.6 Å². The van der Waals surface area contributed by atoms with Gasteiger partial charge in [-0.2, -0.15) is 18.3 Å². The van der Waals surface area contributed by atoms with E-state index in [-0.39, 0.29) is 26.1 Å². The van der Waals surface area contributed by atoms with Gasteiger partial charge >= 0.3 is 12.1 Å². The summed E-state index contributed by atoms with van der Waals surface area (Å²) in [6.07, 6.45) is -3.60. The number of nitrogens with zero attached hydrogens (tertiary/aromatic N) is 3. The molecule has 1 N–H and O–H groups in total. The minimum absolute atomic E-state index is 0.0189. The number of rotatable bonds is 3. The van der Waals surface area contributed by atoms with Gasteiger partial charge < -0.3 is 10.0 Å². The molecule has 1 atom stereocenters. The topological polar surface area (TPSA) is 75.4 Å². The number of carbonyl (C=O) groups is 2. The average Bonchev–Trinajstić information content (AvgIpc) is 3.01. The minimum atomic E-state index is -4.70. The molecule has 1 fully saturated rings. The third-order valence-corrected chi connectivity index (χ3v) is 3.91. The first kappa shape index (κ1) is 16.3. The molecule has 1 aliphatic rings. The summed E-state index contributed by atoms with van der Waals surface area (Å²) in [6, 6.07) is 0. The number of alkyl halides is 3. The Bertz CT molecular complexity index is 611. The van der Waals surface area contributed by atoms with Crippen LogP contribution in [0.4, 0.5) is 13.2 Å². The van der Waals surface area contributed by atoms with Crippen LogP contribution in [0.5, 0.6) is 0 Å². The number of carbonyl (C=O) groups excluding carboxylic acids is 1. The zero-order valence-electron chi connectivity index (χ0n) is 12.1. The van der Waals surface area contributed by atoms with E-state index in [0.717, 1.165) is 15.8 Å². The summed E-state index contributed by atoms with van der Waals surface area (Å²) in [5.41, 5.74) is -2.76. The molecule has 0 unspecified atom stereocenters. The summed E-state index contributed by atoms with van der Waals surface area (Å²) in [7, 11) is 0. The van der Waals surface area contributed by atoms with Gasteiger partial charge in [-0.3, -0.25) is 14.3 Å². The maximum Gasteiger partial charge on any atom is 0.433 e. The molecule has 0 aliphatic carbocycles. The van der Waals surface area contributed by atoms with Crippen LogP contribution in [0.15, 0.2) is 6.20 Å². The first-order valence-corrected chi connectivity index (χ1v) is 6.76. The number of hydrogen-bond acceptors (Lipinski definition) is 3. The zero-order chi connectivity index (χ0) is 16.7. The lowest BCUT2D eigenvalue weighted by atomic mass is 9.90. The number of carboxylic acids is 1. The maximum atomic E-state index is 13.1. The van der Waals surface area contributed by atoms with Crippen LogP contribution in [0, 0.1) is 5.41 Å². The molecule has 122 valence electrons. The number of likely N-dealkylation sites (tertiary alicyclic amines) is 1. The fourth-order valence-electron chi connectivity index (χ4n) is 2.56. The summed E-state index contributed by atoms with van der Waals surface area (Å²) < 4.78 is 40.1. The molecule has 2 heterocycles. The number of halogens is 3. The molecular weight excluding hydrogens is 303 g/mol. The Morgan fingerprint density at radius 2 is 2.09 bits per heavy atom. The number of aryl methyl sites for hydroxylation is 1. The van der Waals surface area contributed by atoms with Crippen molar-refractivity contribution in [1.29, 1.82) is 0 Å². The lowest BCUT2D eigenvalue weighted by Gasteiger charge is -2.20. The van der Waals surface area contributed by atoms with Crippen molar-refractivity contribution in [3.8, 4) is 0 Å². The molecule has 0 bridgehead atoms. The van der Waals surface area contributed by atoms with Crippen molar-refractivity contribution < 1.29 is 27.9 Å². The molecule has 9 heteroatoms. The van der Waals surface area contributed by atoms with Crippen LogP contribution in [-0.4, -0.2) is 44.8 Å². The Balaban J connectivity index is 2.32. The fraction of sp³-hybridized carbons (Fsp3) is 0.615. The first-order chi connectivity index (χ1) is 10.1. The molecule has 1 saturated heterocycles. The SMILES string of the molecule is CCn1ncc(C(=O)N2CC[C@](C)(C(=O)O)C2)c1C(F)(F)F. The van der Waals surface area contributed by atoms with Crippen molar-refractivity contribution in [1.82, 2.24) is 14.7 Å². The zero-order valence-corrected chi connectivity index (χ0v) is 12.1. The van der Waals surface area contributed by atoms with Gasteiger partial charge in [0.05, 0.1) is 17.2 Å². The molecule has 6 nitrogen and oxygen atoms in total.